The molecule has 0 bridgehead atoms. The average molecular weight is 877 g/mol. The van der Waals surface area contributed by atoms with Crippen LogP contribution in [0.3, 0.4) is 0 Å². The van der Waals surface area contributed by atoms with Gasteiger partial charge >= 0.3 is 0 Å². The number of rotatable bonds is 12. The summed E-state index contributed by atoms with van der Waals surface area (Å²) in [7, 11) is 3.57. The van der Waals surface area contributed by atoms with Gasteiger partial charge in [-0.2, -0.15) is 4.58 Å². The Hall–Kier alpha value is -4.01. The molecular formula is C49H54Br2N3O2+. The van der Waals surface area contributed by atoms with E-state index in [-0.39, 0.29) is 10.8 Å². The molecular weight excluding hydrogens is 822 g/mol. The fraction of sp³-hybridized carbons (Fsp3) is 0.327. The summed E-state index contributed by atoms with van der Waals surface area (Å²) in [5.74, 6) is 0. The van der Waals surface area contributed by atoms with Crippen LogP contribution in [0.5, 0.6) is 0 Å². The summed E-state index contributed by atoms with van der Waals surface area (Å²) in [6, 6.07) is 35.1. The first-order chi connectivity index (χ1) is 27.1. The standard InChI is InChI=1S/C49H54Br2N3O2/c1-48(2)41-33-37(50)23-25-43(41)52(29-13-31-55-5)45(48)27-21-35-19-20-36(47(35)54(39-15-9-7-10-16-39)40-17-11-8-12-18-40)22-28-46-49(3,4)42-34-38(51)24-26-44(42)53(46)30-14-32-56-6/h7-12,15-18,21-28,33-34H,13-14,19-20,29-32H2,1-6H3/q+1. The van der Waals surface area contributed by atoms with Gasteiger partial charge in [0.05, 0.1) is 0 Å². The van der Waals surface area contributed by atoms with Crippen LogP contribution in [0.2, 0.25) is 0 Å². The lowest BCUT2D eigenvalue weighted by Gasteiger charge is -2.27. The van der Waals surface area contributed by atoms with Crippen molar-refractivity contribution in [1.82, 2.24) is 4.58 Å². The Morgan fingerprint density at radius 1 is 0.589 bits per heavy atom. The van der Waals surface area contributed by atoms with Gasteiger partial charge in [0, 0.05) is 118 Å². The Balaban J connectivity index is 1.40. The number of benzene rings is 4. The summed E-state index contributed by atoms with van der Waals surface area (Å²) in [6.45, 7) is 12.7. The van der Waals surface area contributed by atoms with Crippen molar-refractivity contribution in [3.05, 3.63) is 164 Å². The third-order valence-corrected chi connectivity index (χ3v) is 12.6. The van der Waals surface area contributed by atoms with Crippen molar-refractivity contribution in [3.63, 3.8) is 0 Å². The van der Waals surface area contributed by atoms with E-state index in [1.165, 1.54) is 50.8 Å². The highest BCUT2D eigenvalue weighted by Gasteiger charge is 2.42. The fourth-order valence-corrected chi connectivity index (χ4v) is 9.48. The van der Waals surface area contributed by atoms with Crippen LogP contribution < -0.4 is 14.4 Å². The van der Waals surface area contributed by atoms with Crippen molar-refractivity contribution in [3.8, 4) is 0 Å². The van der Waals surface area contributed by atoms with E-state index in [4.69, 9.17) is 9.47 Å². The van der Waals surface area contributed by atoms with Crippen molar-refractivity contribution in [2.75, 3.05) is 50.3 Å². The van der Waals surface area contributed by atoms with E-state index in [0.717, 1.165) is 72.3 Å². The molecule has 3 aliphatic rings. The summed E-state index contributed by atoms with van der Waals surface area (Å²) in [5.41, 5.74) is 13.7. The van der Waals surface area contributed by atoms with Crippen LogP contribution in [0.25, 0.3) is 0 Å². The second-order valence-corrected chi connectivity index (χ2v) is 17.7. The molecule has 4 aromatic carbocycles. The number of allylic oxidation sites excluding steroid dienone is 8. The largest absolute Gasteiger partial charge is 0.385 e. The summed E-state index contributed by atoms with van der Waals surface area (Å²) in [6.07, 6.45) is 13.4. The molecule has 0 aromatic heterocycles. The predicted octanol–water partition coefficient (Wildman–Crippen LogP) is 12.6. The highest BCUT2D eigenvalue weighted by molar-refractivity contribution is 9.10. The Labute approximate surface area is 351 Å². The van der Waals surface area contributed by atoms with Gasteiger partial charge in [0.1, 0.15) is 0 Å². The Morgan fingerprint density at radius 3 is 1.39 bits per heavy atom. The fourth-order valence-electron chi connectivity index (χ4n) is 8.76. The molecule has 2 heterocycles. The number of anilines is 2. The Bertz CT molecular complexity index is 2060. The lowest BCUT2D eigenvalue weighted by atomic mass is 9.83. The quantitative estimate of drug-likeness (QED) is 0.105. The molecule has 2 aliphatic heterocycles. The lowest BCUT2D eigenvalue weighted by molar-refractivity contribution is 0.196. The molecule has 4 aromatic rings. The molecule has 1 aliphatic carbocycles. The topological polar surface area (TPSA) is 28.0 Å². The smallest absolute Gasteiger partial charge is 0.218 e. The van der Waals surface area contributed by atoms with Gasteiger partial charge in [-0.3, -0.25) is 0 Å². The van der Waals surface area contributed by atoms with Gasteiger partial charge < -0.3 is 19.3 Å². The van der Waals surface area contributed by atoms with Gasteiger partial charge in [0.15, 0.2) is 0 Å². The number of para-hydroxylation sites is 2. The monoisotopic (exact) mass is 874 g/mol. The molecule has 290 valence electrons. The maximum Gasteiger partial charge on any atom is 0.218 e. The third-order valence-electron chi connectivity index (χ3n) is 11.6. The molecule has 56 heavy (non-hydrogen) atoms. The highest BCUT2D eigenvalue weighted by atomic mass is 79.9. The maximum absolute atomic E-state index is 5.50. The molecule has 1 saturated carbocycles. The Kier molecular flexibility index (Phi) is 12.4. The van der Waals surface area contributed by atoms with Crippen molar-refractivity contribution >= 4 is 60.3 Å². The van der Waals surface area contributed by atoms with E-state index >= 15 is 0 Å². The minimum absolute atomic E-state index is 0.173. The van der Waals surface area contributed by atoms with Crippen LogP contribution in [0.15, 0.2) is 153 Å². The maximum atomic E-state index is 5.50. The second-order valence-electron chi connectivity index (χ2n) is 15.9. The Morgan fingerprint density at radius 2 is 1.00 bits per heavy atom. The van der Waals surface area contributed by atoms with E-state index in [9.17, 15) is 0 Å². The van der Waals surface area contributed by atoms with E-state index < -0.39 is 0 Å². The number of halogens is 2. The first-order valence-corrected chi connectivity index (χ1v) is 21.4. The molecule has 0 atom stereocenters. The van der Waals surface area contributed by atoms with Crippen molar-refractivity contribution < 1.29 is 9.47 Å². The predicted molar refractivity (Wildman–Crippen MR) is 243 cm³/mol. The van der Waals surface area contributed by atoms with Crippen molar-refractivity contribution in [1.29, 1.82) is 0 Å². The first kappa shape index (κ1) is 40.2. The summed E-state index contributed by atoms with van der Waals surface area (Å²) < 4.78 is 15.7. The van der Waals surface area contributed by atoms with E-state index in [2.05, 4.69) is 195 Å². The third kappa shape index (κ3) is 7.93. The molecule has 0 unspecified atom stereocenters. The van der Waals surface area contributed by atoms with E-state index in [1.54, 1.807) is 14.2 Å². The van der Waals surface area contributed by atoms with Gasteiger partial charge in [-0.05, 0) is 85.4 Å². The van der Waals surface area contributed by atoms with Crippen LogP contribution in [0.4, 0.5) is 22.7 Å². The normalized spacial score (nSPS) is 19.8. The summed E-state index contributed by atoms with van der Waals surface area (Å²) in [5, 5.41) is 0. The zero-order chi connectivity index (χ0) is 39.5. The first-order valence-electron chi connectivity index (χ1n) is 19.8. The van der Waals surface area contributed by atoms with E-state index in [1.807, 2.05) is 0 Å². The minimum Gasteiger partial charge on any atom is -0.385 e. The molecule has 0 saturated heterocycles. The van der Waals surface area contributed by atoms with Crippen LogP contribution in [0.1, 0.15) is 64.5 Å². The summed E-state index contributed by atoms with van der Waals surface area (Å²) >= 11 is 7.53. The van der Waals surface area contributed by atoms with Crippen LogP contribution >= 0.6 is 31.9 Å². The summed E-state index contributed by atoms with van der Waals surface area (Å²) in [4.78, 5) is 5.02. The number of hydrogen-bond acceptors (Lipinski definition) is 4. The van der Waals surface area contributed by atoms with Gasteiger partial charge in [-0.15, -0.1) is 0 Å². The highest BCUT2D eigenvalue weighted by Crippen LogP contribution is 2.50. The van der Waals surface area contributed by atoms with Gasteiger partial charge in [0.2, 0.25) is 17.1 Å². The minimum atomic E-state index is -0.173. The van der Waals surface area contributed by atoms with Gasteiger partial charge in [0.25, 0.3) is 0 Å². The van der Waals surface area contributed by atoms with Crippen molar-refractivity contribution in [2.24, 2.45) is 0 Å². The zero-order valence-electron chi connectivity index (χ0n) is 33.6. The van der Waals surface area contributed by atoms with Gasteiger partial charge in [-0.25, -0.2) is 0 Å². The molecule has 5 nitrogen and oxygen atoms in total. The van der Waals surface area contributed by atoms with Crippen LogP contribution in [0, 0.1) is 0 Å². The number of ether oxygens (including phenoxy) is 2. The molecule has 0 spiro atoms. The molecule has 1 fully saturated rings. The molecule has 0 radical (unpaired) electrons. The van der Waals surface area contributed by atoms with Crippen LogP contribution in [-0.4, -0.2) is 46.2 Å². The van der Waals surface area contributed by atoms with Crippen molar-refractivity contribution in [2.45, 2.75) is 64.2 Å². The number of fused-ring (bicyclic) bond motifs is 2. The zero-order valence-corrected chi connectivity index (χ0v) is 36.8. The molecule has 0 amide bonds. The number of nitrogens with zero attached hydrogens (tertiary/aromatic N) is 3. The average Bonchev–Trinajstić information content (AvgIpc) is 3.75. The molecule has 0 N–H and O–H groups in total. The lowest BCUT2D eigenvalue weighted by Crippen LogP contribution is -2.27. The van der Waals surface area contributed by atoms with Gasteiger partial charge in [-0.1, -0.05) is 108 Å². The van der Waals surface area contributed by atoms with Crippen LogP contribution in [-0.2, 0) is 20.3 Å². The number of methoxy groups -OCH3 is 2. The molecule has 7 rings (SSSR count). The van der Waals surface area contributed by atoms with E-state index in [0.29, 0.717) is 0 Å². The number of hydrogen-bond donors (Lipinski definition) is 0. The SMILES string of the molecule is COCCCN1C(=CC=C2CC/C(=C\C=C3\N(CCCOC)c4ccc(Br)cc4C3(C)C)C2=[N+](c2ccccc2)c2ccccc2)C(C)(C)c2cc(Br)ccc21. The molecule has 7 heteroatoms. The second kappa shape index (κ2) is 17.2.